The van der Waals surface area contributed by atoms with Gasteiger partial charge in [0.1, 0.15) is 5.75 Å². The van der Waals surface area contributed by atoms with Crippen molar-refractivity contribution < 1.29 is 9.13 Å². The summed E-state index contributed by atoms with van der Waals surface area (Å²) in [4.78, 5) is 0. The van der Waals surface area contributed by atoms with Crippen molar-refractivity contribution >= 4 is 43.5 Å². The normalized spacial score (nSPS) is 10.4. The lowest BCUT2D eigenvalue weighted by atomic mass is 10.2. The number of alkyl halides is 1. The Bertz CT molecular complexity index is 575. The molecule has 0 spiro atoms. The molecule has 0 fully saturated rings. The minimum atomic E-state index is -0.426. The Hall–Kier alpha value is -0.580. The van der Waals surface area contributed by atoms with Gasteiger partial charge in [0.25, 0.3) is 0 Å². The summed E-state index contributed by atoms with van der Waals surface area (Å²) in [6.07, 6.45) is 0. The Balaban J connectivity index is 2.36. The van der Waals surface area contributed by atoms with Gasteiger partial charge in [-0.25, -0.2) is 4.39 Å². The van der Waals surface area contributed by atoms with Crippen LogP contribution in [0.15, 0.2) is 40.9 Å². The van der Waals surface area contributed by atoms with E-state index in [9.17, 15) is 4.39 Å². The number of ether oxygens (including phenoxy) is 1. The molecular weight excluding hydrogens is 386 g/mol. The van der Waals surface area contributed by atoms with E-state index < -0.39 is 5.82 Å². The van der Waals surface area contributed by atoms with Gasteiger partial charge in [-0.05, 0) is 30.3 Å². The molecule has 0 N–H and O–H groups in total. The van der Waals surface area contributed by atoms with Gasteiger partial charge in [0.15, 0.2) is 11.6 Å². The highest BCUT2D eigenvalue weighted by Crippen LogP contribution is 2.32. The first-order valence-corrected chi connectivity index (χ1v) is 7.36. The van der Waals surface area contributed by atoms with Gasteiger partial charge in [-0.2, -0.15) is 0 Å². The van der Waals surface area contributed by atoms with Crippen LogP contribution in [0.5, 0.6) is 11.5 Å². The smallest absolute Gasteiger partial charge is 0.166 e. The minimum Gasteiger partial charge on any atom is -0.454 e. The third-order valence-corrected chi connectivity index (χ3v) is 3.62. The topological polar surface area (TPSA) is 9.23 Å². The fourth-order valence-corrected chi connectivity index (χ4v) is 2.37. The molecule has 0 heterocycles. The molecule has 0 atom stereocenters. The second-order valence-electron chi connectivity index (χ2n) is 3.56. The fraction of sp³-hybridized carbons (Fsp3) is 0.0769. The molecule has 0 aliphatic heterocycles. The van der Waals surface area contributed by atoms with Gasteiger partial charge in [0, 0.05) is 20.4 Å². The second-order valence-corrected chi connectivity index (χ2v) is 5.48. The maximum atomic E-state index is 13.7. The Morgan fingerprint density at radius 3 is 2.56 bits per heavy atom. The SMILES string of the molecule is Fc1cc(Br)ccc1Oc1cc(Cl)ccc1CBr. The molecule has 5 heteroatoms. The summed E-state index contributed by atoms with van der Waals surface area (Å²) in [5.41, 5.74) is 0.904. The van der Waals surface area contributed by atoms with E-state index in [-0.39, 0.29) is 5.75 Å². The largest absolute Gasteiger partial charge is 0.454 e. The summed E-state index contributed by atoms with van der Waals surface area (Å²) < 4.78 is 19.9. The molecule has 0 unspecified atom stereocenters. The number of halogens is 4. The third kappa shape index (κ3) is 3.25. The van der Waals surface area contributed by atoms with Crippen LogP contribution in [-0.4, -0.2) is 0 Å². The van der Waals surface area contributed by atoms with E-state index in [0.717, 1.165) is 5.56 Å². The maximum absolute atomic E-state index is 13.7. The molecule has 2 rings (SSSR count). The van der Waals surface area contributed by atoms with Crippen molar-refractivity contribution in [1.82, 2.24) is 0 Å². The van der Waals surface area contributed by atoms with E-state index in [1.807, 2.05) is 6.07 Å². The van der Waals surface area contributed by atoms with Crippen LogP contribution >= 0.6 is 43.5 Å². The van der Waals surface area contributed by atoms with Gasteiger partial charge in [0.2, 0.25) is 0 Å². The number of hydrogen-bond acceptors (Lipinski definition) is 1. The quantitative estimate of drug-likeness (QED) is 0.587. The summed E-state index contributed by atoms with van der Waals surface area (Å²) in [7, 11) is 0. The Morgan fingerprint density at radius 1 is 1.11 bits per heavy atom. The molecule has 2 aromatic carbocycles. The van der Waals surface area contributed by atoms with Gasteiger partial charge in [-0.1, -0.05) is 49.5 Å². The van der Waals surface area contributed by atoms with Crippen molar-refractivity contribution in [2.75, 3.05) is 0 Å². The molecule has 0 aromatic heterocycles. The molecule has 0 aliphatic carbocycles. The van der Waals surface area contributed by atoms with Gasteiger partial charge in [-0.3, -0.25) is 0 Å². The summed E-state index contributed by atoms with van der Waals surface area (Å²) in [6.45, 7) is 0. The Morgan fingerprint density at radius 2 is 1.89 bits per heavy atom. The van der Waals surface area contributed by atoms with Crippen LogP contribution in [-0.2, 0) is 5.33 Å². The molecule has 0 saturated carbocycles. The monoisotopic (exact) mass is 392 g/mol. The first-order valence-electron chi connectivity index (χ1n) is 5.07. The molecule has 0 aliphatic rings. The van der Waals surface area contributed by atoms with Crippen LogP contribution in [0, 0.1) is 5.82 Å². The fourth-order valence-electron chi connectivity index (χ4n) is 1.41. The zero-order chi connectivity index (χ0) is 13.1. The minimum absolute atomic E-state index is 0.169. The van der Waals surface area contributed by atoms with E-state index in [2.05, 4.69) is 31.9 Å². The van der Waals surface area contributed by atoms with Crippen LogP contribution in [0.4, 0.5) is 4.39 Å². The predicted octanol–water partition coefficient (Wildman–Crippen LogP) is 5.93. The van der Waals surface area contributed by atoms with Crippen LogP contribution < -0.4 is 4.74 Å². The highest BCUT2D eigenvalue weighted by Gasteiger charge is 2.09. The Labute approximate surface area is 126 Å². The first kappa shape index (κ1) is 13.8. The van der Waals surface area contributed by atoms with Gasteiger partial charge < -0.3 is 4.74 Å². The van der Waals surface area contributed by atoms with Crippen LogP contribution in [0.2, 0.25) is 5.02 Å². The Kier molecular flexibility index (Phi) is 4.65. The molecule has 2 aromatic rings. The van der Waals surface area contributed by atoms with Crippen molar-refractivity contribution in [3.05, 3.63) is 57.3 Å². The second kappa shape index (κ2) is 6.04. The van der Waals surface area contributed by atoms with Crippen LogP contribution in [0.3, 0.4) is 0 Å². The van der Waals surface area contributed by atoms with E-state index in [0.29, 0.717) is 20.6 Å². The predicted molar refractivity (Wildman–Crippen MR) is 78.3 cm³/mol. The molecule has 0 radical (unpaired) electrons. The molecule has 94 valence electrons. The standard InChI is InChI=1S/C13H8Br2ClFO/c14-7-8-1-3-10(16)6-13(8)18-12-4-2-9(15)5-11(12)17/h1-6H,7H2. The lowest BCUT2D eigenvalue weighted by molar-refractivity contribution is 0.439. The molecule has 0 saturated heterocycles. The van der Waals surface area contributed by atoms with E-state index in [1.54, 1.807) is 24.3 Å². The zero-order valence-electron chi connectivity index (χ0n) is 9.09. The van der Waals surface area contributed by atoms with Gasteiger partial charge in [-0.15, -0.1) is 0 Å². The molecule has 0 amide bonds. The number of benzene rings is 2. The van der Waals surface area contributed by atoms with Crippen molar-refractivity contribution in [2.45, 2.75) is 5.33 Å². The average molecular weight is 394 g/mol. The molecule has 1 nitrogen and oxygen atoms in total. The summed E-state index contributed by atoms with van der Waals surface area (Å²) in [6, 6.07) is 9.91. The molecule has 18 heavy (non-hydrogen) atoms. The highest BCUT2D eigenvalue weighted by atomic mass is 79.9. The lowest BCUT2D eigenvalue weighted by Crippen LogP contribution is -1.92. The van der Waals surface area contributed by atoms with Crippen molar-refractivity contribution in [3.63, 3.8) is 0 Å². The zero-order valence-corrected chi connectivity index (χ0v) is 13.0. The van der Waals surface area contributed by atoms with Gasteiger partial charge in [0.05, 0.1) is 0 Å². The number of hydrogen-bond donors (Lipinski definition) is 0. The van der Waals surface area contributed by atoms with Crippen molar-refractivity contribution in [1.29, 1.82) is 0 Å². The maximum Gasteiger partial charge on any atom is 0.166 e. The third-order valence-electron chi connectivity index (χ3n) is 2.29. The van der Waals surface area contributed by atoms with Crippen molar-refractivity contribution in [3.8, 4) is 11.5 Å². The summed E-state index contributed by atoms with van der Waals surface area (Å²) >= 11 is 12.5. The lowest BCUT2D eigenvalue weighted by Gasteiger charge is -2.11. The first-order chi connectivity index (χ1) is 8.60. The van der Waals surface area contributed by atoms with Crippen LogP contribution in [0.25, 0.3) is 0 Å². The van der Waals surface area contributed by atoms with Gasteiger partial charge >= 0.3 is 0 Å². The van der Waals surface area contributed by atoms with Crippen molar-refractivity contribution in [2.24, 2.45) is 0 Å². The summed E-state index contributed by atoms with van der Waals surface area (Å²) in [5.74, 6) is 0.285. The molecule has 0 bridgehead atoms. The average Bonchev–Trinajstić information content (AvgIpc) is 2.33. The van der Waals surface area contributed by atoms with Crippen LogP contribution in [0.1, 0.15) is 5.56 Å². The van der Waals surface area contributed by atoms with E-state index in [4.69, 9.17) is 16.3 Å². The summed E-state index contributed by atoms with van der Waals surface area (Å²) in [5, 5.41) is 1.16. The van der Waals surface area contributed by atoms with E-state index in [1.165, 1.54) is 6.07 Å². The molecular formula is C13H8Br2ClFO. The van der Waals surface area contributed by atoms with E-state index >= 15 is 0 Å². The number of rotatable bonds is 3. The highest BCUT2D eigenvalue weighted by molar-refractivity contribution is 9.10.